The van der Waals surface area contributed by atoms with E-state index in [9.17, 15) is 4.79 Å². The second-order valence-electron chi connectivity index (χ2n) is 6.33. The quantitative estimate of drug-likeness (QED) is 0.611. The van der Waals surface area contributed by atoms with Crippen molar-refractivity contribution in [3.05, 3.63) is 0 Å². The SMILES string of the molecule is CC(C)(C)[C@H]1C[C@H]2[C@@H]1CN1C(=O)OC[C@H]21. The van der Waals surface area contributed by atoms with E-state index < -0.39 is 0 Å². The Bertz CT molecular complexity index is 307. The fraction of sp³-hybridized carbons (Fsp3) is 0.917. The second kappa shape index (κ2) is 2.69. The van der Waals surface area contributed by atoms with Crippen LogP contribution in [0.1, 0.15) is 27.2 Å². The molecule has 2 saturated heterocycles. The van der Waals surface area contributed by atoms with E-state index in [0.29, 0.717) is 18.1 Å². The van der Waals surface area contributed by atoms with Gasteiger partial charge in [0, 0.05) is 6.54 Å². The Morgan fingerprint density at radius 2 is 2.07 bits per heavy atom. The lowest BCUT2D eigenvalue weighted by molar-refractivity contribution is 0.00395. The zero-order chi connectivity index (χ0) is 10.8. The summed E-state index contributed by atoms with van der Waals surface area (Å²) >= 11 is 0. The normalized spacial score (nSPS) is 43.4. The van der Waals surface area contributed by atoms with Gasteiger partial charge in [0.15, 0.2) is 0 Å². The van der Waals surface area contributed by atoms with E-state index in [1.54, 1.807) is 0 Å². The maximum Gasteiger partial charge on any atom is 0.410 e. The lowest BCUT2D eigenvalue weighted by atomic mass is 9.56. The molecule has 0 aromatic heterocycles. The molecule has 15 heavy (non-hydrogen) atoms. The number of hydrogen-bond donors (Lipinski definition) is 0. The first kappa shape index (κ1) is 9.49. The molecule has 0 aromatic rings. The Hall–Kier alpha value is -0.730. The molecule has 1 aliphatic carbocycles. The maximum atomic E-state index is 11.4. The molecular weight excluding hydrogens is 190 g/mol. The summed E-state index contributed by atoms with van der Waals surface area (Å²) in [5.74, 6) is 2.25. The van der Waals surface area contributed by atoms with Crippen molar-refractivity contribution >= 4 is 6.09 Å². The van der Waals surface area contributed by atoms with E-state index >= 15 is 0 Å². The van der Waals surface area contributed by atoms with Crippen LogP contribution in [0.3, 0.4) is 0 Å². The zero-order valence-corrected chi connectivity index (χ0v) is 9.69. The van der Waals surface area contributed by atoms with Crippen molar-refractivity contribution in [2.45, 2.75) is 33.2 Å². The number of carbonyl (C=O) groups is 1. The number of carbonyl (C=O) groups excluding carboxylic acids is 1. The van der Waals surface area contributed by atoms with Crippen LogP contribution < -0.4 is 0 Å². The van der Waals surface area contributed by atoms with Crippen LogP contribution in [0.2, 0.25) is 0 Å². The summed E-state index contributed by atoms with van der Waals surface area (Å²) in [6.45, 7) is 8.52. The average Bonchev–Trinajstić information content (AvgIpc) is 2.51. The van der Waals surface area contributed by atoms with E-state index in [2.05, 4.69) is 20.8 Å². The second-order valence-corrected chi connectivity index (χ2v) is 6.33. The molecule has 2 heterocycles. The van der Waals surface area contributed by atoms with Gasteiger partial charge in [-0.1, -0.05) is 20.8 Å². The Morgan fingerprint density at radius 1 is 1.33 bits per heavy atom. The third kappa shape index (κ3) is 1.15. The van der Waals surface area contributed by atoms with Gasteiger partial charge in [-0.15, -0.1) is 0 Å². The van der Waals surface area contributed by atoms with Gasteiger partial charge in [0.25, 0.3) is 0 Å². The van der Waals surface area contributed by atoms with Gasteiger partial charge < -0.3 is 9.64 Å². The smallest absolute Gasteiger partial charge is 0.410 e. The van der Waals surface area contributed by atoms with Crippen LogP contribution in [0.4, 0.5) is 4.79 Å². The van der Waals surface area contributed by atoms with Crippen LogP contribution in [-0.2, 0) is 4.74 Å². The summed E-state index contributed by atoms with van der Waals surface area (Å²) in [7, 11) is 0. The van der Waals surface area contributed by atoms with Gasteiger partial charge in [-0.3, -0.25) is 0 Å². The third-order valence-electron chi connectivity index (χ3n) is 4.62. The van der Waals surface area contributed by atoms with E-state index in [1.165, 1.54) is 6.42 Å². The van der Waals surface area contributed by atoms with Gasteiger partial charge in [-0.2, -0.15) is 0 Å². The average molecular weight is 209 g/mol. The van der Waals surface area contributed by atoms with E-state index in [-0.39, 0.29) is 6.09 Å². The van der Waals surface area contributed by atoms with Crippen molar-refractivity contribution in [2.75, 3.05) is 13.2 Å². The molecule has 0 bridgehead atoms. The summed E-state index contributed by atoms with van der Waals surface area (Å²) in [6, 6.07) is 0.404. The Labute approximate surface area is 90.8 Å². The molecule has 1 amide bonds. The Kier molecular flexibility index (Phi) is 1.70. The summed E-state index contributed by atoms with van der Waals surface area (Å²) in [6.07, 6.45) is 1.20. The largest absolute Gasteiger partial charge is 0.447 e. The fourth-order valence-corrected chi connectivity index (χ4v) is 3.70. The molecule has 0 radical (unpaired) electrons. The highest BCUT2D eigenvalue weighted by Crippen LogP contribution is 2.56. The van der Waals surface area contributed by atoms with Crippen LogP contribution >= 0.6 is 0 Å². The number of hydrogen-bond acceptors (Lipinski definition) is 2. The molecule has 3 fully saturated rings. The monoisotopic (exact) mass is 209 g/mol. The van der Waals surface area contributed by atoms with Crippen molar-refractivity contribution < 1.29 is 9.53 Å². The van der Waals surface area contributed by atoms with Gasteiger partial charge in [-0.05, 0) is 29.6 Å². The van der Waals surface area contributed by atoms with Gasteiger partial charge in [-0.25, -0.2) is 4.79 Å². The Balaban J connectivity index is 1.77. The molecule has 0 N–H and O–H groups in total. The minimum atomic E-state index is -0.0814. The molecule has 3 aliphatic rings. The Morgan fingerprint density at radius 3 is 2.73 bits per heavy atom. The number of nitrogens with zero attached hydrogens (tertiary/aromatic N) is 1. The summed E-state index contributed by atoms with van der Waals surface area (Å²) in [5, 5.41) is 0. The standard InChI is InChI=1S/C12H19NO2/c1-12(2,3)9-4-7-8(9)5-13-10(7)6-15-11(13)14/h7-10H,4-6H2,1-3H3/t7-,8-,9-,10+/m0/s1. The van der Waals surface area contributed by atoms with Crippen LogP contribution in [-0.4, -0.2) is 30.2 Å². The summed E-state index contributed by atoms with van der Waals surface area (Å²) in [5.41, 5.74) is 0.394. The van der Waals surface area contributed by atoms with Gasteiger partial charge in [0.05, 0.1) is 6.04 Å². The maximum absolute atomic E-state index is 11.4. The van der Waals surface area contributed by atoms with Gasteiger partial charge >= 0.3 is 6.09 Å². The van der Waals surface area contributed by atoms with Crippen molar-refractivity contribution in [1.29, 1.82) is 0 Å². The lowest BCUT2D eigenvalue weighted by Gasteiger charge is -2.48. The van der Waals surface area contributed by atoms with Crippen LogP contribution in [0.25, 0.3) is 0 Å². The summed E-state index contributed by atoms with van der Waals surface area (Å²) < 4.78 is 5.08. The molecule has 0 unspecified atom stereocenters. The molecule has 3 rings (SSSR count). The molecule has 3 heteroatoms. The van der Waals surface area contributed by atoms with E-state index in [0.717, 1.165) is 24.3 Å². The predicted molar refractivity (Wildman–Crippen MR) is 56.4 cm³/mol. The number of amides is 1. The van der Waals surface area contributed by atoms with Gasteiger partial charge in [0.2, 0.25) is 0 Å². The highest BCUT2D eigenvalue weighted by Gasteiger charge is 2.59. The molecule has 3 nitrogen and oxygen atoms in total. The van der Waals surface area contributed by atoms with E-state index in [1.807, 2.05) is 4.90 Å². The fourth-order valence-electron chi connectivity index (χ4n) is 3.70. The summed E-state index contributed by atoms with van der Waals surface area (Å²) in [4.78, 5) is 13.4. The third-order valence-corrected chi connectivity index (χ3v) is 4.62. The molecule has 4 atom stereocenters. The highest BCUT2D eigenvalue weighted by molar-refractivity contribution is 5.71. The minimum Gasteiger partial charge on any atom is -0.447 e. The number of rotatable bonds is 0. The number of cyclic esters (lactones) is 1. The molecule has 84 valence electrons. The highest BCUT2D eigenvalue weighted by atomic mass is 16.6. The van der Waals surface area contributed by atoms with Crippen LogP contribution in [0, 0.1) is 23.2 Å². The van der Waals surface area contributed by atoms with Crippen molar-refractivity contribution in [3.63, 3.8) is 0 Å². The minimum absolute atomic E-state index is 0.0814. The molecule has 0 spiro atoms. The van der Waals surface area contributed by atoms with Crippen molar-refractivity contribution in [3.8, 4) is 0 Å². The van der Waals surface area contributed by atoms with Crippen LogP contribution in [0.5, 0.6) is 0 Å². The van der Waals surface area contributed by atoms with Gasteiger partial charge in [0.1, 0.15) is 6.61 Å². The predicted octanol–water partition coefficient (Wildman–Crippen LogP) is 2.12. The molecular formula is C12H19NO2. The molecule has 2 aliphatic heterocycles. The number of fused-ring (bicyclic) bond motifs is 3. The van der Waals surface area contributed by atoms with Crippen molar-refractivity contribution in [1.82, 2.24) is 4.90 Å². The molecule has 0 aromatic carbocycles. The molecule has 1 saturated carbocycles. The zero-order valence-electron chi connectivity index (χ0n) is 9.69. The topological polar surface area (TPSA) is 29.5 Å². The first-order chi connectivity index (χ1) is 6.98. The first-order valence-corrected chi connectivity index (χ1v) is 5.92. The van der Waals surface area contributed by atoms with Crippen LogP contribution in [0.15, 0.2) is 0 Å². The number of ether oxygens (including phenoxy) is 1. The lowest BCUT2D eigenvalue weighted by Crippen LogP contribution is -2.45. The first-order valence-electron chi connectivity index (χ1n) is 5.92. The van der Waals surface area contributed by atoms with E-state index in [4.69, 9.17) is 4.74 Å². The van der Waals surface area contributed by atoms with Crippen molar-refractivity contribution in [2.24, 2.45) is 23.2 Å².